The molecule has 0 fully saturated rings. The van der Waals surface area contributed by atoms with E-state index in [1.807, 2.05) is 0 Å². The highest BCUT2D eigenvalue weighted by molar-refractivity contribution is 9.10. The molecule has 1 nitrogen and oxygen atoms in total. The maximum Gasteiger partial charge on any atom is 0.0536 e. The van der Waals surface area contributed by atoms with Gasteiger partial charge in [-0.15, -0.1) is 0 Å². The predicted molar refractivity (Wildman–Crippen MR) is 95.7 cm³/mol. The van der Waals surface area contributed by atoms with Crippen LogP contribution < -0.4 is 5.32 Å². The molecule has 0 heterocycles. The van der Waals surface area contributed by atoms with E-state index in [1.165, 1.54) is 60.5 Å². The van der Waals surface area contributed by atoms with E-state index in [1.54, 1.807) is 5.57 Å². The van der Waals surface area contributed by atoms with Crippen LogP contribution in [0.3, 0.4) is 0 Å². The van der Waals surface area contributed by atoms with Gasteiger partial charge in [-0.05, 0) is 62.8 Å². The average molecular weight is 350 g/mol. The van der Waals surface area contributed by atoms with Crippen molar-refractivity contribution < 1.29 is 0 Å². The van der Waals surface area contributed by atoms with E-state index in [4.69, 9.17) is 0 Å². The van der Waals surface area contributed by atoms with Gasteiger partial charge in [0.15, 0.2) is 0 Å². The number of hydrogen-bond donors (Lipinski definition) is 1. The molecule has 1 unspecified atom stereocenters. The van der Waals surface area contributed by atoms with Crippen molar-refractivity contribution in [2.24, 2.45) is 0 Å². The van der Waals surface area contributed by atoms with E-state index in [0.717, 1.165) is 6.54 Å². The van der Waals surface area contributed by atoms with Gasteiger partial charge in [0, 0.05) is 4.47 Å². The molecule has 21 heavy (non-hydrogen) atoms. The third-order valence-corrected chi connectivity index (χ3v) is 5.20. The molecule has 0 aliphatic heterocycles. The molecule has 1 aliphatic rings. The van der Waals surface area contributed by atoms with E-state index >= 15 is 0 Å². The van der Waals surface area contributed by atoms with Crippen LogP contribution in [-0.4, -0.2) is 6.54 Å². The Labute approximate surface area is 138 Å². The summed E-state index contributed by atoms with van der Waals surface area (Å²) < 4.78 is 1.20. The minimum atomic E-state index is 0.398. The summed E-state index contributed by atoms with van der Waals surface area (Å²) in [5.74, 6) is 0. The van der Waals surface area contributed by atoms with Gasteiger partial charge in [-0.1, -0.05) is 59.5 Å². The molecule has 0 spiro atoms. The van der Waals surface area contributed by atoms with Crippen LogP contribution in [-0.2, 0) is 0 Å². The third kappa shape index (κ3) is 4.96. The molecule has 0 amide bonds. The molecule has 0 radical (unpaired) electrons. The van der Waals surface area contributed by atoms with Gasteiger partial charge in [-0.2, -0.15) is 0 Å². The molecule has 1 N–H and O–H groups in total. The summed E-state index contributed by atoms with van der Waals surface area (Å²) in [5.41, 5.74) is 4.34. The van der Waals surface area contributed by atoms with Crippen molar-refractivity contribution in [2.75, 3.05) is 6.54 Å². The van der Waals surface area contributed by atoms with E-state index < -0.39 is 0 Å². The van der Waals surface area contributed by atoms with Crippen LogP contribution in [0.2, 0.25) is 0 Å². The van der Waals surface area contributed by atoms with E-state index in [-0.39, 0.29) is 0 Å². The second-order valence-corrected chi connectivity index (χ2v) is 6.98. The Kier molecular flexibility index (Phi) is 6.98. The summed E-state index contributed by atoms with van der Waals surface area (Å²) >= 11 is 3.61. The Hall–Kier alpha value is -0.600. The Morgan fingerprint density at radius 1 is 1.19 bits per heavy atom. The Morgan fingerprint density at radius 2 is 2.00 bits per heavy atom. The van der Waals surface area contributed by atoms with E-state index in [2.05, 4.69) is 59.4 Å². The molecule has 0 aromatic heterocycles. The van der Waals surface area contributed by atoms with Gasteiger partial charge in [-0.3, -0.25) is 0 Å². The molecule has 1 aromatic rings. The monoisotopic (exact) mass is 349 g/mol. The summed E-state index contributed by atoms with van der Waals surface area (Å²) in [7, 11) is 0. The van der Waals surface area contributed by atoms with Crippen LogP contribution in [0.15, 0.2) is 34.3 Å². The molecule has 1 aliphatic carbocycles. The number of rotatable bonds is 5. The molecule has 1 atom stereocenters. The Bertz CT molecular complexity index is 478. The summed E-state index contributed by atoms with van der Waals surface area (Å²) in [5, 5.41) is 3.77. The lowest BCUT2D eigenvalue weighted by molar-refractivity contribution is 0.540. The normalized spacial score (nSPS) is 20.2. The molecule has 2 heteroatoms. The SMILES string of the molecule is CCCNC(/C1=C/CCCCCC1)c1ccc(Br)c(C)c1. The van der Waals surface area contributed by atoms with Crippen molar-refractivity contribution in [2.45, 2.75) is 64.8 Å². The second-order valence-electron chi connectivity index (χ2n) is 6.13. The number of aryl methyl sites for hydroxylation is 1. The lowest BCUT2D eigenvalue weighted by atomic mass is 9.90. The largest absolute Gasteiger partial charge is 0.307 e. The smallest absolute Gasteiger partial charge is 0.0536 e. The average Bonchev–Trinajstić information content (AvgIpc) is 2.44. The van der Waals surface area contributed by atoms with Gasteiger partial charge in [0.1, 0.15) is 0 Å². The van der Waals surface area contributed by atoms with Gasteiger partial charge < -0.3 is 5.32 Å². The van der Waals surface area contributed by atoms with Crippen LogP contribution in [0.25, 0.3) is 0 Å². The zero-order valence-electron chi connectivity index (χ0n) is 13.4. The molecule has 0 saturated carbocycles. The number of hydrogen-bond acceptors (Lipinski definition) is 1. The highest BCUT2D eigenvalue weighted by Crippen LogP contribution is 2.30. The fraction of sp³-hybridized carbons (Fsp3) is 0.579. The lowest BCUT2D eigenvalue weighted by Crippen LogP contribution is -2.24. The van der Waals surface area contributed by atoms with Crippen molar-refractivity contribution in [3.8, 4) is 0 Å². The standard InChI is InChI=1S/C19H28BrN/c1-3-13-21-19(16-9-7-5-4-6-8-10-16)17-11-12-18(20)15(2)14-17/h9,11-12,14,19,21H,3-8,10,13H2,1-2H3/b16-9+. The minimum absolute atomic E-state index is 0.398. The fourth-order valence-corrected chi connectivity index (χ4v) is 3.32. The lowest BCUT2D eigenvalue weighted by Gasteiger charge is -2.24. The van der Waals surface area contributed by atoms with E-state index in [9.17, 15) is 0 Å². The number of nitrogens with one attached hydrogen (secondary N) is 1. The molecular formula is C19H28BrN. The fourth-order valence-electron chi connectivity index (χ4n) is 3.08. The first-order chi connectivity index (χ1) is 10.2. The van der Waals surface area contributed by atoms with Crippen molar-refractivity contribution in [3.05, 3.63) is 45.4 Å². The van der Waals surface area contributed by atoms with Crippen molar-refractivity contribution in [1.82, 2.24) is 5.32 Å². The first-order valence-electron chi connectivity index (χ1n) is 8.40. The van der Waals surface area contributed by atoms with Gasteiger partial charge >= 0.3 is 0 Å². The number of benzene rings is 1. The Morgan fingerprint density at radius 3 is 2.76 bits per heavy atom. The summed E-state index contributed by atoms with van der Waals surface area (Å²) in [6.45, 7) is 5.50. The van der Waals surface area contributed by atoms with Crippen LogP contribution >= 0.6 is 15.9 Å². The van der Waals surface area contributed by atoms with Gasteiger partial charge in [0.25, 0.3) is 0 Å². The second kappa shape index (κ2) is 8.75. The van der Waals surface area contributed by atoms with Crippen molar-refractivity contribution in [3.63, 3.8) is 0 Å². The molecule has 0 saturated heterocycles. The maximum absolute atomic E-state index is 3.77. The highest BCUT2D eigenvalue weighted by atomic mass is 79.9. The zero-order valence-corrected chi connectivity index (χ0v) is 15.0. The molecular weight excluding hydrogens is 322 g/mol. The maximum atomic E-state index is 3.77. The van der Waals surface area contributed by atoms with E-state index in [0.29, 0.717) is 6.04 Å². The topological polar surface area (TPSA) is 12.0 Å². The molecule has 2 rings (SSSR count). The summed E-state index contributed by atoms with van der Waals surface area (Å²) in [6.07, 6.45) is 11.6. The number of halogens is 1. The van der Waals surface area contributed by atoms with Crippen LogP contribution in [0, 0.1) is 6.92 Å². The first-order valence-corrected chi connectivity index (χ1v) is 9.20. The first kappa shape index (κ1) is 16.8. The van der Waals surface area contributed by atoms with Gasteiger partial charge in [0.2, 0.25) is 0 Å². The number of allylic oxidation sites excluding steroid dienone is 1. The van der Waals surface area contributed by atoms with Crippen molar-refractivity contribution >= 4 is 15.9 Å². The van der Waals surface area contributed by atoms with Crippen LogP contribution in [0.5, 0.6) is 0 Å². The quantitative estimate of drug-likeness (QED) is 0.635. The summed E-state index contributed by atoms with van der Waals surface area (Å²) in [4.78, 5) is 0. The molecule has 0 bridgehead atoms. The summed E-state index contributed by atoms with van der Waals surface area (Å²) in [6, 6.07) is 7.19. The highest BCUT2D eigenvalue weighted by Gasteiger charge is 2.17. The zero-order chi connectivity index (χ0) is 15.1. The predicted octanol–water partition coefficient (Wildman–Crippen LogP) is 6.08. The Balaban J connectivity index is 2.25. The van der Waals surface area contributed by atoms with Gasteiger partial charge in [-0.25, -0.2) is 0 Å². The van der Waals surface area contributed by atoms with Crippen LogP contribution in [0.1, 0.15) is 69.0 Å². The van der Waals surface area contributed by atoms with Crippen molar-refractivity contribution in [1.29, 1.82) is 0 Å². The molecule has 1 aromatic carbocycles. The third-order valence-electron chi connectivity index (χ3n) is 4.31. The van der Waals surface area contributed by atoms with Gasteiger partial charge in [0.05, 0.1) is 6.04 Å². The van der Waals surface area contributed by atoms with Crippen LogP contribution in [0.4, 0.5) is 0 Å². The minimum Gasteiger partial charge on any atom is -0.307 e. The molecule has 116 valence electrons.